The van der Waals surface area contributed by atoms with Crippen LogP contribution in [0.15, 0.2) is 0 Å². The first-order valence-corrected chi connectivity index (χ1v) is 3.62. The second-order valence-electron chi connectivity index (χ2n) is 3.24. The van der Waals surface area contributed by atoms with E-state index in [-0.39, 0.29) is 0 Å². The monoisotopic (exact) mass is 264 g/mol. The smallest absolute Gasteiger partial charge is 0.240 e. The molecule has 0 saturated heterocycles. The predicted molar refractivity (Wildman–Crippen MR) is 29.3 cm³/mol. The molecule has 0 aromatic rings. The molecule has 96 valence electrons. The molecule has 0 spiro atoms. The molecular formula is C6H2F10. The van der Waals surface area contributed by atoms with Crippen molar-refractivity contribution in [3.05, 3.63) is 0 Å². The van der Waals surface area contributed by atoms with Crippen molar-refractivity contribution in [1.82, 2.24) is 0 Å². The lowest BCUT2D eigenvalue weighted by atomic mass is 10.0. The van der Waals surface area contributed by atoms with Crippen molar-refractivity contribution in [2.24, 2.45) is 5.92 Å². The Morgan fingerprint density at radius 2 is 1.12 bits per heavy atom. The number of alkyl halides is 10. The van der Waals surface area contributed by atoms with E-state index in [1.54, 1.807) is 0 Å². The van der Waals surface area contributed by atoms with E-state index in [1.165, 1.54) is 0 Å². The van der Waals surface area contributed by atoms with Crippen LogP contribution in [0.3, 0.4) is 0 Å². The zero-order chi connectivity index (χ0) is 13.2. The molecule has 0 heterocycles. The minimum atomic E-state index is -6.38. The Morgan fingerprint density at radius 3 is 1.25 bits per heavy atom. The number of hydrogen-bond acceptors (Lipinski definition) is 0. The van der Waals surface area contributed by atoms with Crippen molar-refractivity contribution in [1.29, 1.82) is 0 Å². The van der Waals surface area contributed by atoms with Crippen LogP contribution >= 0.6 is 0 Å². The Hall–Kier alpha value is -0.700. The molecule has 0 aliphatic heterocycles. The standard InChI is InChI=1S/C6H2F10/c7-2-1(5(12,13)14)3(8,9)6(15,16)4(2,10)11/h1-2H. The minimum Gasteiger partial charge on any atom is -0.240 e. The van der Waals surface area contributed by atoms with Gasteiger partial charge in [-0.2, -0.15) is 39.5 Å². The highest BCUT2D eigenvalue weighted by molar-refractivity contribution is 5.15. The van der Waals surface area contributed by atoms with Crippen LogP contribution in [0.25, 0.3) is 0 Å². The third-order valence-corrected chi connectivity index (χ3v) is 2.22. The van der Waals surface area contributed by atoms with Gasteiger partial charge in [-0.3, -0.25) is 0 Å². The number of hydrogen-bond donors (Lipinski definition) is 0. The molecule has 0 nitrogen and oxygen atoms in total. The zero-order valence-electron chi connectivity index (χ0n) is 6.93. The Balaban J connectivity index is 3.36. The van der Waals surface area contributed by atoms with Crippen molar-refractivity contribution >= 4 is 0 Å². The fourth-order valence-electron chi connectivity index (χ4n) is 1.36. The van der Waals surface area contributed by atoms with Gasteiger partial charge in [-0.1, -0.05) is 0 Å². The molecule has 1 saturated carbocycles. The highest BCUT2D eigenvalue weighted by Gasteiger charge is 2.89. The van der Waals surface area contributed by atoms with Gasteiger partial charge in [-0.25, -0.2) is 4.39 Å². The first kappa shape index (κ1) is 13.4. The molecule has 0 aromatic heterocycles. The Bertz CT molecular complexity index is 288. The lowest BCUT2D eigenvalue weighted by molar-refractivity contribution is -0.301. The van der Waals surface area contributed by atoms with Crippen molar-refractivity contribution < 1.29 is 43.9 Å². The third kappa shape index (κ3) is 1.30. The maximum absolute atomic E-state index is 12.4. The fraction of sp³-hybridized carbons (Fsp3) is 1.00. The molecule has 10 heteroatoms. The summed E-state index contributed by atoms with van der Waals surface area (Å²) in [6.45, 7) is 0. The molecule has 16 heavy (non-hydrogen) atoms. The van der Waals surface area contributed by atoms with Crippen LogP contribution in [0.1, 0.15) is 0 Å². The second kappa shape index (κ2) is 2.95. The average molecular weight is 264 g/mol. The minimum absolute atomic E-state index is 4.68. The van der Waals surface area contributed by atoms with Crippen LogP contribution in [0.2, 0.25) is 0 Å². The van der Waals surface area contributed by atoms with Crippen molar-refractivity contribution in [2.45, 2.75) is 30.1 Å². The van der Waals surface area contributed by atoms with Crippen LogP contribution < -0.4 is 0 Å². The summed E-state index contributed by atoms with van der Waals surface area (Å²) >= 11 is 0. The van der Waals surface area contributed by atoms with Crippen molar-refractivity contribution in [3.8, 4) is 0 Å². The molecule has 1 fully saturated rings. The van der Waals surface area contributed by atoms with E-state index in [1.807, 2.05) is 0 Å². The molecule has 0 N–H and O–H groups in total. The van der Waals surface area contributed by atoms with Gasteiger partial charge in [0, 0.05) is 0 Å². The topological polar surface area (TPSA) is 0 Å². The molecule has 2 unspecified atom stereocenters. The number of rotatable bonds is 0. The van der Waals surface area contributed by atoms with Crippen molar-refractivity contribution in [3.63, 3.8) is 0 Å². The molecule has 1 aliphatic carbocycles. The summed E-state index contributed by atoms with van der Waals surface area (Å²) in [6, 6.07) is 0. The van der Waals surface area contributed by atoms with Gasteiger partial charge >= 0.3 is 23.9 Å². The molecule has 1 aliphatic rings. The SMILES string of the molecule is FC1C(C(F)(F)F)C(F)(F)C(F)(F)C1(F)F. The van der Waals surface area contributed by atoms with E-state index in [0.29, 0.717) is 0 Å². The van der Waals surface area contributed by atoms with Crippen LogP contribution in [0.5, 0.6) is 0 Å². The summed E-state index contributed by atoms with van der Waals surface area (Å²) < 4.78 is 122. The molecule has 2 atom stereocenters. The lowest BCUT2D eigenvalue weighted by Crippen LogP contribution is -2.50. The molecule has 0 radical (unpaired) electrons. The van der Waals surface area contributed by atoms with E-state index in [4.69, 9.17) is 0 Å². The van der Waals surface area contributed by atoms with E-state index in [9.17, 15) is 43.9 Å². The summed E-state index contributed by atoms with van der Waals surface area (Å²) in [5.74, 6) is -23.3. The summed E-state index contributed by atoms with van der Waals surface area (Å²) in [5.41, 5.74) is 0. The lowest BCUT2D eigenvalue weighted by Gasteiger charge is -2.25. The summed E-state index contributed by atoms with van der Waals surface area (Å²) in [4.78, 5) is 0. The van der Waals surface area contributed by atoms with Gasteiger partial charge in [0.2, 0.25) is 0 Å². The average Bonchev–Trinajstić information content (AvgIpc) is 2.06. The fourth-order valence-corrected chi connectivity index (χ4v) is 1.36. The van der Waals surface area contributed by atoms with Crippen LogP contribution in [0, 0.1) is 5.92 Å². The zero-order valence-corrected chi connectivity index (χ0v) is 6.93. The van der Waals surface area contributed by atoms with Crippen LogP contribution in [0.4, 0.5) is 43.9 Å². The largest absolute Gasteiger partial charge is 0.400 e. The molecular weight excluding hydrogens is 262 g/mol. The van der Waals surface area contributed by atoms with Gasteiger partial charge in [-0.05, 0) is 0 Å². The maximum Gasteiger partial charge on any atom is 0.400 e. The van der Waals surface area contributed by atoms with Gasteiger partial charge in [0.1, 0.15) is 0 Å². The highest BCUT2D eigenvalue weighted by atomic mass is 19.4. The van der Waals surface area contributed by atoms with Gasteiger partial charge in [0.05, 0.1) is 0 Å². The van der Waals surface area contributed by atoms with E-state index in [2.05, 4.69) is 0 Å². The third-order valence-electron chi connectivity index (χ3n) is 2.22. The quantitative estimate of drug-likeness (QED) is 0.588. The van der Waals surface area contributed by atoms with Crippen LogP contribution in [-0.4, -0.2) is 30.1 Å². The molecule has 0 aromatic carbocycles. The molecule has 0 amide bonds. The summed E-state index contributed by atoms with van der Waals surface area (Å²) in [6.07, 6.45) is -10.9. The van der Waals surface area contributed by atoms with E-state index >= 15 is 0 Å². The van der Waals surface area contributed by atoms with Crippen molar-refractivity contribution in [2.75, 3.05) is 0 Å². The van der Waals surface area contributed by atoms with Gasteiger partial charge in [0.25, 0.3) is 0 Å². The predicted octanol–water partition coefficient (Wildman–Crippen LogP) is 3.42. The first-order chi connectivity index (χ1) is 6.78. The van der Waals surface area contributed by atoms with Gasteiger partial charge in [0.15, 0.2) is 12.1 Å². The molecule has 0 bridgehead atoms. The van der Waals surface area contributed by atoms with Crippen LogP contribution in [-0.2, 0) is 0 Å². The normalized spacial score (nSPS) is 36.4. The number of halogens is 10. The van der Waals surface area contributed by atoms with E-state index in [0.717, 1.165) is 0 Å². The Labute approximate surface area is 81.2 Å². The van der Waals surface area contributed by atoms with Gasteiger partial charge < -0.3 is 0 Å². The maximum atomic E-state index is 12.4. The Kier molecular flexibility index (Phi) is 2.46. The van der Waals surface area contributed by atoms with Gasteiger partial charge in [-0.15, -0.1) is 0 Å². The first-order valence-electron chi connectivity index (χ1n) is 3.62. The molecule has 1 rings (SSSR count). The Morgan fingerprint density at radius 1 is 0.750 bits per heavy atom. The second-order valence-corrected chi connectivity index (χ2v) is 3.24. The summed E-state index contributed by atoms with van der Waals surface area (Å²) in [7, 11) is 0. The highest BCUT2D eigenvalue weighted by Crippen LogP contribution is 2.63. The van der Waals surface area contributed by atoms with E-state index < -0.39 is 36.0 Å². The summed E-state index contributed by atoms with van der Waals surface area (Å²) in [5, 5.41) is 0.